The lowest BCUT2D eigenvalue weighted by atomic mass is 10.1. The van der Waals surface area contributed by atoms with E-state index in [4.69, 9.17) is 0 Å². The molecule has 2 aromatic carbocycles. The largest absolute Gasteiger partial charge is 0.356 e. The van der Waals surface area contributed by atoms with Crippen molar-refractivity contribution in [3.8, 4) is 0 Å². The Bertz CT molecular complexity index is 990. The number of rotatable bonds is 3. The van der Waals surface area contributed by atoms with E-state index >= 15 is 0 Å². The van der Waals surface area contributed by atoms with Crippen molar-refractivity contribution in [2.24, 2.45) is 0 Å². The quantitative estimate of drug-likeness (QED) is 0.592. The van der Waals surface area contributed by atoms with Crippen LogP contribution in [0.1, 0.15) is 21.6 Å². The highest BCUT2D eigenvalue weighted by molar-refractivity contribution is 9.10. The lowest BCUT2D eigenvalue weighted by Gasteiger charge is -2.24. The van der Waals surface area contributed by atoms with E-state index in [-0.39, 0.29) is 24.1 Å². The zero-order valence-corrected chi connectivity index (χ0v) is 14.6. The minimum atomic E-state index is -3.31. The van der Waals surface area contributed by atoms with Crippen molar-refractivity contribution in [1.82, 2.24) is 9.88 Å². The first-order chi connectivity index (χ1) is 12.0. The Morgan fingerprint density at radius 3 is 2.64 bits per heavy atom. The van der Waals surface area contributed by atoms with Gasteiger partial charge < -0.3 is 0 Å². The Labute approximate surface area is 151 Å². The molecule has 25 heavy (non-hydrogen) atoms. The van der Waals surface area contributed by atoms with Crippen LogP contribution in [0.3, 0.4) is 0 Å². The third-order valence-corrected chi connectivity index (χ3v) is 5.04. The maximum Gasteiger partial charge on any atom is 0.356 e. The standard InChI is InChI=1S/C19H13BrF2N2O/c20-15-6-3-5-14-17(15)18(25)24(19(14,21)22)11-10-13-9-8-12-4-1-2-7-16(12)23-13/h1-9H,10-11H2. The minimum Gasteiger partial charge on any atom is -0.275 e. The molecule has 4 rings (SSSR count). The Kier molecular flexibility index (Phi) is 3.80. The Morgan fingerprint density at radius 2 is 1.84 bits per heavy atom. The van der Waals surface area contributed by atoms with Gasteiger partial charge in [0.25, 0.3) is 5.91 Å². The van der Waals surface area contributed by atoms with E-state index in [1.807, 2.05) is 36.4 Å². The number of alkyl halides is 2. The van der Waals surface area contributed by atoms with Crippen molar-refractivity contribution in [3.63, 3.8) is 0 Å². The van der Waals surface area contributed by atoms with E-state index in [9.17, 15) is 13.6 Å². The highest BCUT2D eigenvalue weighted by atomic mass is 79.9. The summed E-state index contributed by atoms with van der Waals surface area (Å²) in [5, 5.41) is 0.991. The van der Waals surface area contributed by atoms with Crippen LogP contribution < -0.4 is 0 Å². The number of pyridine rings is 1. The molecule has 3 nitrogen and oxygen atoms in total. The fraction of sp³-hybridized carbons (Fsp3) is 0.158. The number of halogens is 3. The molecule has 1 aliphatic rings. The maximum atomic E-state index is 14.7. The van der Waals surface area contributed by atoms with E-state index in [2.05, 4.69) is 20.9 Å². The van der Waals surface area contributed by atoms with Crippen LogP contribution in [0.2, 0.25) is 0 Å². The number of amides is 1. The molecule has 0 unspecified atom stereocenters. The molecule has 0 N–H and O–H groups in total. The predicted octanol–water partition coefficient (Wildman–Crippen LogP) is 4.75. The molecule has 0 spiro atoms. The van der Waals surface area contributed by atoms with Crippen LogP contribution in [-0.4, -0.2) is 22.3 Å². The smallest absolute Gasteiger partial charge is 0.275 e. The molecule has 0 fully saturated rings. The van der Waals surface area contributed by atoms with Crippen molar-refractivity contribution in [3.05, 3.63) is 75.9 Å². The van der Waals surface area contributed by atoms with E-state index in [1.165, 1.54) is 12.1 Å². The van der Waals surface area contributed by atoms with E-state index in [0.717, 1.165) is 10.9 Å². The molecule has 1 aromatic heterocycles. The summed E-state index contributed by atoms with van der Waals surface area (Å²) in [4.78, 5) is 17.6. The van der Waals surface area contributed by atoms with Crippen molar-refractivity contribution in [1.29, 1.82) is 0 Å². The molecule has 0 atom stereocenters. The van der Waals surface area contributed by atoms with Crippen LogP contribution in [0.5, 0.6) is 0 Å². The average molecular weight is 403 g/mol. The lowest BCUT2D eigenvalue weighted by molar-refractivity contribution is -0.121. The van der Waals surface area contributed by atoms with Gasteiger partial charge in [-0.3, -0.25) is 14.7 Å². The molecule has 0 radical (unpaired) electrons. The second-order valence-corrected chi connectivity index (χ2v) is 6.76. The van der Waals surface area contributed by atoms with Gasteiger partial charge in [0.1, 0.15) is 0 Å². The molecule has 0 saturated heterocycles. The number of hydrogen-bond acceptors (Lipinski definition) is 2. The first-order valence-corrected chi connectivity index (χ1v) is 8.61. The zero-order chi connectivity index (χ0) is 17.6. The molecular weight excluding hydrogens is 390 g/mol. The summed E-state index contributed by atoms with van der Waals surface area (Å²) in [5.74, 6) is -0.659. The van der Waals surface area contributed by atoms with E-state index in [0.29, 0.717) is 15.1 Å². The van der Waals surface area contributed by atoms with E-state index in [1.54, 1.807) is 6.07 Å². The van der Waals surface area contributed by atoms with Crippen molar-refractivity contribution in [2.45, 2.75) is 12.5 Å². The van der Waals surface area contributed by atoms with Gasteiger partial charge in [-0.15, -0.1) is 0 Å². The van der Waals surface area contributed by atoms with Gasteiger partial charge in [0, 0.05) is 28.5 Å². The molecule has 0 aliphatic carbocycles. The summed E-state index contributed by atoms with van der Waals surface area (Å²) in [7, 11) is 0. The number of para-hydroxylation sites is 1. The van der Waals surface area contributed by atoms with Crippen LogP contribution >= 0.6 is 15.9 Å². The first-order valence-electron chi connectivity index (χ1n) is 7.82. The Balaban J connectivity index is 1.60. The molecule has 126 valence electrons. The number of hydrogen-bond donors (Lipinski definition) is 0. The summed E-state index contributed by atoms with van der Waals surface area (Å²) in [6, 6.07) is 12.4. The van der Waals surface area contributed by atoms with Gasteiger partial charge in [-0.05, 0) is 34.1 Å². The number of benzene rings is 2. The molecule has 0 saturated carbocycles. The van der Waals surface area contributed by atoms with Crippen LogP contribution in [-0.2, 0) is 12.5 Å². The monoisotopic (exact) mass is 402 g/mol. The van der Waals surface area contributed by atoms with Crippen molar-refractivity contribution in [2.75, 3.05) is 6.54 Å². The molecule has 2 heterocycles. The summed E-state index contributed by atoms with van der Waals surface area (Å²) in [5.41, 5.74) is 1.28. The minimum absolute atomic E-state index is 0.0407. The number of aromatic nitrogens is 1. The summed E-state index contributed by atoms with van der Waals surface area (Å²) >= 11 is 3.20. The number of nitrogens with zero attached hydrogens (tertiary/aromatic N) is 2. The van der Waals surface area contributed by atoms with Gasteiger partial charge in [-0.2, -0.15) is 8.78 Å². The molecule has 6 heteroatoms. The number of carbonyl (C=O) groups excluding carboxylic acids is 1. The second kappa shape index (κ2) is 5.88. The molecule has 1 amide bonds. The highest BCUT2D eigenvalue weighted by Crippen LogP contribution is 2.44. The molecule has 3 aromatic rings. The lowest BCUT2D eigenvalue weighted by Crippen LogP contribution is -2.38. The average Bonchev–Trinajstić information content (AvgIpc) is 2.80. The van der Waals surface area contributed by atoms with Crippen molar-refractivity contribution < 1.29 is 13.6 Å². The van der Waals surface area contributed by atoms with Crippen molar-refractivity contribution >= 4 is 32.7 Å². The highest BCUT2D eigenvalue weighted by Gasteiger charge is 2.51. The Morgan fingerprint density at radius 1 is 1.04 bits per heavy atom. The fourth-order valence-electron chi connectivity index (χ4n) is 3.12. The maximum absolute atomic E-state index is 14.7. The van der Waals surface area contributed by atoms with Gasteiger partial charge >= 0.3 is 6.05 Å². The topological polar surface area (TPSA) is 33.2 Å². The third-order valence-electron chi connectivity index (χ3n) is 4.38. The summed E-state index contributed by atoms with van der Waals surface area (Å²) in [6.07, 6.45) is 0.262. The summed E-state index contributed by atoms with van der Waals surface area (Å²) in [6.45, 7) is -0.0989. The predicted molar refractivity (Wildman–Crippen MR) is 94.5 cm³/mol. The van der Waals surface area contributed by atoms with Crippen LogP contribution in [0, 0.1) is 0 Å². The normalized spacial score (nSPS) is 15.6. The summed E-state index contributed by atoms with van der Waals surface area (Å²) < 4.78 is 29.7. The van der Waals surface area contributed by atoms with Gasteiger partial charge in [-0.1, -0.05) is 36.4 Å². The van der Waals surface area contributed by atoms with Gasteiger partial charge in [0.05, 0.1) is 16.6 Å². The van der Waals surface area contributed by atoms with Crippen LogP contribution in [0.15, 0.2) is 59.1 Å². The fourth-order valence-corrected chi connectivity index (χ4v) is 3.65. The second-order valence-electron chi connectivity index (χ2n) is 5.91. The zero-order valence-electron chi connectivity index (χ0n) is 13.0. The Hall–Kier alpha value is -2.34. The SMILES string of the molecule is O=C1c2c(Br)cccc2C(F)(F)N1CCc1ccc2ccccc2n1. The molecule has 0 bridgehead atoms. The number of fused-ring (bicyclic) bond motifs is 2. The molecular formula is C19H13BrF2N2O. The van der Waals surface area contributed by atoms with Gasteiger partial charge in [0.2, 0.25) is 0 Å². The third kappa shape index (κ3) is 2.61. The van der Waals surface area contributed by atoms with Gasteiger partial charge in [-0.25, -0.2) is 0 Å². The molecule has 1 aliphatic heterocycles. The van der Waals surface area contributed by atoms with Gasteiger partial charge in [0.15, 0.2) is 0 Å². The number of carbonyl (C=O) groups is 1. The van der Waals surface area contributed by atoms with E-state index < -0.39 is 12.0 Å². The first kappa shape index (κ1) is 16.1. The van der Waals surface area contributed by atoms with Crippen LogP contribution in [0.4, 0.5) is 8.78 Å². The van der Waals surface area contributed by atoms with Crippen LogP contribution in [0.25, 0.3) is 10.9 Å².